The average molecular weight is 286 g/mol. The number of carbonyl (C=O) groups excluding carboxylic acids is 1. The Bertz CT molecular complexity index is 361. The summed E-state index contributed by atoms with van der Waals surface area (Å²) in [4.78, 5) is 26.9. The van der Waals surface area contributed by atoms with Crippen molar-refractivity contribution in [3.05, 3.63) is 0 Å². The van der Waals surface area contributed by atoms with E-state index >= 15 is 0 Å². The van der Waals surface area contributed by atoms with E-state index < -0.39 is 5.97 Å². The van der Waals surface area contributed by atoms with E-state index in [9.17, 15) is 9.59 Å². The maximum atomic E-state index is 12.3. The predicted octanol–water partition coefficient (Wildman–Crippen LogP) is 1.58. The van der Waals surface area contributed by atoms with Crippen LogP contribution in [0.3, 0.4) is 0 Å². The van der Waals surface area contributed by atoms with Crippen LogP contribution in [0, 0.1) is 11.8 Å². The van der Waals surface area contributed by atoms with Crippen molar-refractivity contribution >= 4 is 23.8 Å². The van der Waals surface area contributed by atoms with Gasteiger partial charge in [0.05, 0.1) is 5.92 Å². The van der Waals surface area contributed by atoms with Gasteiger partial charge < -0.3 is 14.9 Å². The Labute approximate surface area is 118 Å². The number of urea groups is 1. The van der Waals surface area contributed by atoms with Crippen molar-refractivity contribution in [3.63, 3.8) is 0 Å². The summed E-state index contributed by atoms with van der Waals surface area (Å²) in [6.07, 6.45) is 0. The molecule has 2 aliphatic heterocycles. The van der Waals surface area contributed by atoms with Crippen molar-refractivity contribution in [2.75, 3.05) is 26.2 Å². The van der Waals surface area contributed by atoms with E-state index in [1.165, 1.54) is 0 Å². The Kier molecular flexibility index (Phi) is 4.28. The molecular weight excluding hydrogens is 264 g/mol. The quantitative estimate of drug-likeness (QED) is 0.837. The number of hydrogen-bond acceptors (Lipinski definition) is 3. The topological polar surface area (TPSA) is 60.9 Å². The minimum Gasteiger partial charge on any atom is -0.481 e. The largest absolute Gasteiger partial charge is 0.481 e. The molecule has 3 unspecified atom stereocenters. The molecule has 2 amide bonds. The van der Waals surface area contributed by atoms with Crippen LogP contribution in [0.15, 0.2) is 0 Å². The molecular formula is C13H22N2O3S. The number of amides is 2. The fourth-order valence-corrected chi connectivity index (χ4v) is 4.05. The normalized spacial score (nSPS) is 29.8. The van der Waals surface area contributed by atoms with Crippen LogP contribution in [0.25, 0.3) is 0 Å². The molecule has 2 aliphatic rings. The van der Waals surface area contributed by atoms with Gasteiger partial charge in [0.2, 0.25) is 0 Å². The van der Waals surface area contributed by atoms with E-state index in [0.29, 0.717) is 23.6 Å². The lowest BCUT2D eigenvalue weighted by Crippen LogP contribution is -2.59. The van der Waals surface area contributed by atoms with E-state index in [1.54, 1.807) is 11.8 Å². The third-order valence-corrected chi connectivity index (χ3v) is 5.19. The summed E-state index contributed by atoms with van der Waals surface area (Å²) < 4.78 is 0. The molecule has 0 saturated carbocycles. The van der Waals surface area contributed by atoms with Gasteiger partial charge in [0.25, 0.3) is 0 Å². The van der Waals surface area contributed by atoms with Gasteiger partial charge in [0.15, 0.2) is 0 Å². The molecule has 0 aromatic carbocycles. The number of carboxylic acids is 1. The molecule has 6 heteroatoms. The van der Waals surface area contributed by atoms with Crippen molar-refractivity contribution < 1.29 is 14.7 Å². The molecule has 3 atom stereocenters. The van der Waals surface area contributed by atoms with E-state index in [4.69, 9.17) is 5.11 Å². The summed E-state index contributed by atoms with van der Waals surface area (Å²) in [5.41, 5.74) is 0. The fourth-order valence-electron chi connectivity index (χ4n) is 2.72. The minimum atomic E-state index is -0.770. The van der Waals surface area contributed by atoms with Crippen LogP contribution in [0.2, 0.25) is 0 Å². The summed E-state index contributed by atoms with van der Waals surface area (Å²) in [5, 5.41) is 9.89. The number of rotatable bonds is 2. The first-order chi connectivity index (χ1) is 8.88. The van der Waals surface area contributed by atoms with Gasteiger partial charge in [0.1, 0.15) is 0 Å². The highest BCUT2D eigenvalue weighted by atomic mass is 32.2. The zero-order valence-electron chi connectivity index (χ0n) is 11.7. The summed E-state index contributed by atoms with van der Waals surface area (Å²) in [5.74, 6) is -1.03. The number of hydrogen-bond donors (Lipinski definition) is 1. The van der Waals surface area contributed by atoms with Crippen LogP contribution in [-0.4, -0.2) is 63.6 Å². The molecule has 0 aromatic rings. The molecule has 2 heterocycles. The van der Waals surface area contributed by atoms with Gasteiger partial charge in [-0.2, -0.15) is 11.8 Å². The van der Waals surface area contributed by atoms with Crippen LogP contribution in [-0.2, 0) is 4.79 Å². The van der Waals surface area contributed by atoms with Crippen LogP contribution in [0.5, 0.6) is 0 Å². The van der Waals surface area contributed by atoms with Gasteiger partial charge in [-0.15, -0.1) is 0 Å². The van der Waals surface area contributed by atoms with Crippen LogP contribution in [0.1, 0.15) is 20.8 Å². The molecule has 108 valence electrons. The molecule has 2 saturated heterocycles. The molecule has 0 spiro atoms. The van der Waals surface area contributed by atoms with Crippen molar-refractivity contribution in [2.24, 2.45) is 11.8 Å². The van der Waals surface area contributed by atoms with Gasteiger partial charge in [0, 0.05) is 42.6 Å². The summed E-state index contributed by atoms with van der Waals surface area (Å²) in [6, 6.07) is 0.0767. The van der Waals surface area contributed by atoms with Gasteiger partial charge in [-0.1, -0.05) is 20.8 Å². The zero-order chi connectivity index (χ0) is 14.2. The predicted molar refractivity (Wildman–Crippen MR) is 75.3 cm³/mol. The van der Waals surface area contributed by atoms with Gasteiger partial charge in [-0.3, -0.25) is 4.79 Å². The summed E-state index contributed by atoms with van der Waals surface area (Å²) in [6.45, 7) is 8.76. The lowest BCUT2D eigenvalue weighted by molar-refractivity contribution is -0.144. The first-order valence-corrected chi connectivity index (χ1v) is 7.75. The second-order valence-electron chi connectivity index (χ2n) is 5.74. The third-order valence-electron chi connectivity index (χ3n) is 3.97. The first kappa shape index (κ1) is 14.5. The first-order valence-electron chi connectivity index (χ1n) is 6.80. The number of likely N-dealkylation sites (tertiary alicyclic amines) is 1. The van der Waals surface area contributed by atoms with E-state index in [-0.39, 0.29) is 17.9 Å². The smallest absolute Gasteiger partial charge is 0.320 e. The Morgan fingerprint density at radius 3 is 2.05 bits per heavy atom. The van der Waals surface area contributed by atoms with Crippen LogP contribution >= 0.6 is 11.8 Å². The lowest BCUT2D eigenvalue weighted by atomic mass is 9.87. The van der Waals surface area contributed by atoms with Crippen LogP contribution < -0.4 is 0 Å². The summed E-state index contributed by atoms with van der Waals surface area (Å²) in [7, 11) is 0. The number of carboxylic acid groups (broad SMARTS) is 1. The lowest BCUT2D eigenvalue weighted by Gasteiger charge is -2.45. The highest BCUT2D eigenvalue weighted by Gasteiger charge is 2.39. The second kappa shape index (κ2) is 5.61. The van der Waals surface area contributed by atoms with Crippen LogP contribution in [0.4, 0.5) is 4.79 Å². The standard InChI is InChI=1S/C13H22N2O3S/c1-8-4-14(5-9(2)19-8)13(18)15-6-11(7-15)10(3)12(16)17/h8-11H,4-7H2,1-3H3,(H,16,17). The Balaban J connectivity index is 1.84. The zero-order valence-corrected chi connectivity index (χ0v) is 12.5. The number of carbonyl (C=O) groups is 2. The molecule has 2 fully saturated rings. The molecule has 1 N–H and O–H groups in total. The molecule has 19 heavy (non-hydrogen) atoms. The highest BCUT2D eigenvalue weighted by molar-refractivity contribution is 8.00. The number of nitrogens with zero attached hydrogens (tertiary/aromatic N) is 2. The highest BCUT2D eigenvalue weighted by Crippen LogP contribution is 2.29. The summed E-state index contributed by atoms with van der Waals surface area (Å²) >= 11 is 1.92. The second-order valence-corrected chi connectivity index (χ2v) is 7.62. The average Bonchev–Trinajstić information content (AvgIpc) is 2.25. The molecule has 0 aliphatic carbocycles. The van der Waals surface area contributed by atoms with E-state index in [1.807, 2.05) is 16.7 Å². The maximum Gasteiger partial charge on any atom is 0.320 e. The van der Waals surface area contributed by atoms with Gasteiger partial charge in [-0.05, 0) is 0 Å². The maximum absolute atomic E-state index is 12.3. The number of aliphatic carboxylic acids is 1. The Morgan fingerprint density at radius 1 is 1.11 bits per heavy atom. The molecule has 2 rings (SSSR count). The Hall–Kier alpha value is -0.910. The fraction of sp³-hybridized carbons (Fsp3) is 0.846. The monoisotopic (exact) mass is 286 g/mol. The van der Waals surface area contributed by atoms with Gasteiger partial charge >= 0.3 is 12.0 Å². The number of thioether (sulfide) groups is 1. The molecule has 0 aromatic heterocycles. The van der Waals surface area contributed by atoms with Gasteiger partial charge in [-0.25, -0.2) is 4.79 Å². The molecule has 0 bridgehead atoms. The van der Waals surface area contributed by atoms with Crippen molar-refractivity contribution in [3.8, 4) is 0 Å². The Morgan fingerprint density at radius 2 is 1.58 bits per heavy atom. The minimum absolute atomic E-state index is 0.0767. The van der Waals surface area contributed by atoms with Crippen molar-refractivity contribution in [1.29, 1.82) is 0 Å². The SMILES string of the molecule is CC1CN(C(=O)N2CC(C(C)C(=O)O)C2)CC(C)S1. The van der Waals surface area contributed by atoms with E-state index in [2.05, 4.69) is 13.8 Å². The molecule has 0 radical (unpaired) electrons. The third kappa shape index (κ3) is 3.16. The van der Waals surface area contributed by atoms with Crippen molar-refractivity contribution in [1.82, 2.24) is 9.80 Å². The molecule has 5 nitrogen and oxygen atoms in total. The van der Waals surface area contributed by atoms with Crippen molar-refractivity contribution in [2.45, 2.75) is 31.3 Å². The van der Waals surface area contributed by atoms with E-state index in [0.717, 1.165) is 13.1 Å².